The predicted octanol–water partition coefficient (Wildman–Crippen LogP) is 9.09. The Morgan fingerprint density at radius 3 is 2.25 bits per heavy atom. The average molecular weight is 792 g/mol. The van der Waals surface area contributed by atoms with Crippen LogP contribution in [0.2, 0.25) is 5.02 Å². The van der Waals surface area contributed by atoms with Crippen LogP contribution < -0.4 is 36.1 Å². The average Bonchev–Trinajstić information content (AvgIpc) is 3.64. The number of esters is 1. The summed E-state index contributed by atoms with van der Waals surface area (Å²) in [6, 6.07) is 18.1. The molecule has 0 fully saturated rings. The van der Waals surface area contributed by atoms with E-state index in [0.29, 0.717) is 47.1 Å². The van der Waals surface area contributed by atoms with E-state index in [2.05, 4.69) is 28.6 Å². The summed E-state index contributed by atoms with van der Waals surface area (Å²) >= 11 is 8.22. The molecular formula is C41H50ClN5O7S. The van der Waals surface area contributed by atoms with Gasteiger partial charge in [-0.15, -0.1) is 5.53 Å². The van der Waals surface area contributed by atoms with Crippen molar-refractivity contribution in [2.24, 2.45) is 0 Å². The molecule has 5 rings (SSSR count). The third-order valence-corrected chi connectivity index (χ3v) is 10.2. The van der Waals surface area contributed by atoms with Gasteiger partial charge in [0.05, 0.1) is 33.3 Å². The van der Waals surface area contributed by atoms with E-state index >= 15 is 0 Å². The molecule has 14 heteroatoms. The van der Waals surface area contributed by atoms with Crippen molar-refractivity contribution >= 4 is 63.9 Å². The van der Waals surface area contributed by atoms with Crippen LogP contribution in [0.25, 0.3) is 0 Å². The van der Waals surface area contributed by atoms with E-state index in [0.717, 1.165) is 46.0 Å². The highest BCUT2D eigenvalue weighted by Crippen LogP contribution is 2.43. The highest BCUT2D eigenvalue weighted by molar-refractivity contribution is 7.99. The van der Waals surface area contributed by atoms with Crippen LogP contribution in [0.15, 0.2) is 60.7 Å². The number of ether oxygens (including phenoxy) is 3. The third-order valence-electron chi connectivity index (χ3n) is 8.58. The standard InChI is InChI=1S/C29H33ClN2O5.C12H17N3O2S/c1-8-23(36-24-11-9-16(2)13-18(24)4)29(35)31-21-15-26(19(5)27(30)28(21)34)37-25-12-10-17(3)14-22(25)32(7)20(6)33;1-2-6-18-7-5-17-12(16)9-3-4-10-11(8-9)14-15-13-10/h9-15,23,34H,8H2,1-7H3,(H,31,35);3-4,8,13-15H,2,5-7H2,1H3. The SMILES string of the molecule is CCC(Oc1ccc(C)cc1C)C(=O)Nc1cc(Oc2ccc(C)cc2N(C)C(C)=O)c(C)c(Cl)c1O.CCCSCCOC(=O)c1ccc2c(c1)NNN2. The lowest BCUT2D eigenvalue weighted by atomic mass is 10.1. The maximum absolute atomic E-state index is 13.1. The molecule has 1 unspecified atom stereocenters. The molecule has 4 aromatic rings. The summed E-state index contributed by atoms with van der Waals surface area (Å²) in [6.45, 7) is 13.4. The molecule has 0 saturated carbocycles. The van der Waals surface area contributed by atoms with E-state index in [1.54, 1.807) is 43.9 Å². The first-order valence-electron chi connectivity index (χ1n) is 18.0. The molecule has 1 aliphatic heterocycles. The van der Waals surface area contributed by atoms with Gasteiger partial charge in [0.15, 0.2) is 17.6 Å². The van der Waals surface area contributed by atoms with Crippen molar-refractivity contribution < 1.29 is 33.7 Å². The molecule has 294 valence electrons. The molecule has 5 N–H and O–H groups in total. The van der Waals surface area contributed by atoms with Crippen LogP contribution in [0.5, 0.6) is 23.0 Å². The summed E-state index contributed by atoms with van der Waals surface area (Å²) in [5.41, 5.74) is 15.0. The van der Waals surface area contributed by atoms with Gasteiger partial charge in [0.1, 0.15) is 18.1 Å². The number of phenolic OH excluding ortho intramolecular Hbond substituents is 1. The van der Waals surface area contributed by atoms with Crippen LogP contribution in [0.4, 0.5) is 22.7 Å². The van der Waals surface area contributed by atoms with E-state index in [9.17, 15) is 19.5 Å². The fourth-order valence-electron chi connectivity index (χ4n) is 5.37. The van der Waals surface area contributed by atoms with Crippen molar-refractivity contribution in [1.29, 1.82) is 0 Å². The third kappa shape index (κ3) is 11.5. The molecule has 0 spiro atoms. The molecular weight excluding hydrogens is 742 g/mol. The number of hydrazine groups is 2. The van der Waals surface area contributed by atoms with Crippen LogP contribution in [0.1, 0.15) is 66.2 Å². The number of halogens is 1. The minimum Gasteiger partial charge on any atom is -0.504 e. The number of rotatable bonds is 14. The summed E-state index contributed by atoms with van der Waals surface area (Å²) in [7, 11) is 1.66. The second-order valence-corrected chi connectivity index (χ2v) is 14.6. The summed E-state index contributed by atoms with van der Waals surface area (Å²) < 4.78 is 17.4. The Balaban J connectivity index is 0.000000311. The van der Waals surface area contributed by atoms with Crippen molar-refractivity contribution in [3.8, 4) is 23.0 Å². The Morgan fingerprint density at radius 2 is 1.58 bits per heavy atom. The Bertz CT molecular complexity index is 2010. The van der Waals surface area contributed by atoms with Crippen molar-refractivity contribution in [1.82, 2.24) is 5.53 Å². The maximum Gasteiger partial charge on any atom is 0.338 e. The number of hydrogen-bond acceptors (Lipinski definition) is 11. The first kappa shape index (κ1) is 42.6. The number of thioether (sulfide) groups is 1. The molecule has 1 heterocycles. The summed E-state index contributed by atoms with van der Waals surface area (Å²) in [5.74, 6) is 2.19. The zero-order valence-corrected chi connectivity index (χ0v) is 34.1. The fourth-order valence-corrected chi connectivity index (χ4v) is 6.26. The van der Waals surface area contributed by atoms with Gasteiger partial charge in [0, 0.05) is 31.4 Å². The largest absolute Gasteiger partial charge is 0.504 e. The first-order chi connectivity index (χ1) is 26.2. The number of fused-ring (bicyclic) bond motifs is 1. The Kier molecular flexibility index (Phi) is 15.5. The summed E-state index contributed by atoms with van der Waals surface area (Å²) in [4.78, 5) is 38.4. The lowest BCUT2D eigenvalue weighted by Gasteiger charge is -2.22. The Hall–Kier alpha value is -5.11. The maximum atomic E-state index is 13.1. The normalized spacial score (nSPS) is 11.9. The number of amides is 2. The molecule has 0 bridgehead atoms. The topological polar surface area (TPSA) is 150 Å². The smallest absolute Gasteiger partial charge is 0.338 e. The number of benzene rings is 4. The van der Waals surface area contributed by atoms with E-state index in [-0.39, 0.29) is 28.3 Å². The number of anilines is 4. The zero-order chi connectivity index (χ0) is 40.2. The lowest BCUT2D eigenvalue weighted by molar-refractivity contribution is -0.123. The van der Waals surface area contributed by atoms with Crippen molar-refractivity contribution in [2.45, 2.75) is 67.4 Å². The van der Waals surface area contributed by atoms with Gasteiger partial charge in [-0.25, -0.2) is 4.79 Å². The van der Waals surface area contributed by atoms with Crippen molar-refractivity contribution in [2.75, 3.05) is 46.2 Å². The van der Waals surface area contributed by atoms with Gasteiger partial charge < -0.3 is 40.4 Å². The van der Waals surface area contributed by atoms with Crippen molar-refractivity contribution in [3.63, 3.8) is 0 Å². The van der Waals surface area contributed by atoms with E-state index in [1.807, 2.05) is 64.1 Å². The highest BCUT2D eigenvalue weighted by atomic mass is 35.5. The Morgan fingerprint density at radius 1 is 0.891 bits per heavy atom. The van der Waals surface area contributed by atoms with Gasteiger partial charge in [-0.2, -0.15) is 11.8 Å². The number of aryl methyl sites for hydroxylation is 3. The predicted molar refractivity (Wildman–Crippen MR) is 222 cm³/mol. The molecule has 0 aromatic heterocycles. The van der Waals surface area contributed by atoms with Crippen molar-refractivity contribution in [3.05, 3.63) is 93.5 Å². The number of aromatic hydroxyl groups is 1. The van der Waals surface area contributed by atoms with Gasteiger partial charge in [-0.3, -0.25) is 9.59 Å². The monoisotopic (exact) mass is 791 g/mol. The summed E-state index contributed by atoms with van der Waals surface area (Å²) in [5, 5.41) is 13.5. The second kappa shape index (κ2) is 20.0. The van der Waals surface area contributed by atoms with Gasteiger partial charge in [0.2, 0.25) is 5.91 Å². The minimum absolute atomic E-state index is 0.0460. The van der Waals surface area contributed by atoms with Crippen LogP contribution in [0, 0.1) is 27.7 Å². The van der Waals surface area contributed by atoms with Crippen LogP contribution in [-0.2, 0) is 14.3 Å². The second-order valence-electron chi connectivity index (χ2n) is 13.0. The fraction of sp³-hybridized carbons (Fsp3) is 0.341. The quantitative estimate of drug-likeness (QED) is 0.0473. The van der Waals surface area contributed by atoms with Gasteiger partial charge in [0.25, 0.3) is 5.91 Å². The number of phenols is 1. The van der Waals surface area contributed by atoms with Gasteiger partial charge >= 0.3 is 5.97 Å². The first-order valence-corrected chi connectivity index (χ1v) is 19.5. The molecule has 1 atom stereocenters. The number of nitrogens with one attached hydrogen (secondary N) is 4. The number of carbonyl (C=O) groups excluding carboxylic acids is 3. The molecule has 0 aliphatic carbocycles. The lowest BCUT2D eigenvalue weighted by Crippen LogP contribution is -2.32. The zero-order valence-electron chi connectivity index (χ0n) is 32.5. The van der Waals surface area contributed by atoms with Crippen LogP contribution in [0.3, 0.4) is 0 Å². The highest BCUT2D eigenvalue weighted by Gasteiger charge is 2.24. The molecule has 1 aliphatic rings. The van der Waals surface area contributed by atoms with E-state index < -0.39 is 12.0 Å². The molecule has 0 saturated heterocycles. The van der Waals surface area contributed by atoms with Gasteiger partial charge in [-0.05, 0) is 93.8 Å². The molecule has 55 heavy (non-hydrogen) atoms. The van der Waals surface area contributed by atoms with E-state index in [4.69, 9.17) is 25.8 Å². The summed E-state index contributed by atoms with van der Waals surface area (Å²) in [6.07, 6.45) is 0.764. The number of nitrogens with zero attached hydrogens (tertiary/aromatic N) is 1. The molecule has 12 nitrogen and oxygen atoms in total. The number of hydrogen-bond donors (Lipinski definition) is 5. The van der Waals surface area contributed by atoms with Crippen LogP contribution in [-0.4, -0.2) is 54.2 Å². The molecule has 4 aromatic carbocycles. The minimum atomic E-state index is -0.793. The van der Waals surface area contributed by atoms with Gasteiger partial charge in [-0.1, -0.05) is 49.2 Å². The molecule has 0 radical (unpaired) electrons. The Labute approximate surface area is 332 Å². The van der Waals surface area contributed by atoms with E-state index in [1.165, 1.54) is 17.9 Å². The van der Waals surface area contributed by atoms with Crippen LogP contribution >= 0.6 is 23.4 Å². The molecule has 2 amide bonds. The number of carbonyl (C=O) groups is 3.